The highest BCUT2D eigenvalue weighted by molar-refractivity contribution is 5.68. The Bertz CT molecular complexity index is 783. The number of aromatic nitrogens is 1. The first-order chi connectivity index (χ1) is 10.9. The number of benzene rings is 1. The van der Waals surface area contributed by atoms with Gasteiger partial charge in [0.15, 0.2) is 0 Å². The second-order valence-corrected chi connectivity index (χ2v) is 5.13. The normalized spacial score (nSPS) is 10.7. The average molecular weight is 312 g/mol. The van der Waals surface area contributed by atoms with E-state index in [-0.39, 0.29) is 5.69 Å². The Morgan fingerprint density at radius 2 is 2.22 bits per heavy atom. The number of rotatable bonds is 5. The van der Waals surface area contributed by atoms with Crippen LogP contribution in [-0.4, -0.2) is 17.1 Å². The molecule has 0 aliphatic carbocycles. The second-order valence-electron chi connectivity index (χ2n) is 5.13. The van der Waals surface area contributed by atoms with Crippen molar-refractivity contribution in [3.8, 4) is 6.07 Å². The van der Waals surface area contributed by atoms with Gasteiger partial charge in [0.2, 0.25) is 0 Å². The molecule has 0 saturated heterocycles. The van der Waals surface area contributed by atoms with Gasteiger partial charge in [0.1, 0.15) is 11.4 Å². The van der Waals surface area contributed by atoms with E-state index in [1.807, 2.05) is 19.9 Å². The number of nitro benzene ring substituents is 1. The minimum absolute atomic E-state index is 0.0145. The van der Waals surface area contributed by atoms with Crippen LogP contribution in [0.15, 0.2) is 28.8 Å². The van der Waals surface area contributed by atoms with Crippen LogP contribution >= 0.6 is 0 Å². The molecule has 1 aromatic heterocycles. The third-order valence-electron chi connectivity index (χ3n) is 3.53. The van der Waals surface area contributed by atoms with Gasteiger partial charge in [0.25, 0.3) is 5.69 Å². The SMILES string of the molecule is Cc1noc(C)c1CN(C)c1ccc(C=CC#N)cc1[N+](=O)[O-]. The van der Waals surface area contributed by atoms with Gasteiger partial charge in [0, 0.05) is 31.3 Å². The van der Waals surface area contributed by atoms with Crippen LogP contribution in [0, 0.1) is 35.3 Å². The van der Waals surface area contributed by atoms with E-state index >= 15 is 0 Å². The monoisotopic (exact) mass is 312 g/mol. The van der Waals surface area contributed by atoms with Gasteiger partial charge in [-0.1, -0.05) is 11.2 Å². The molecule has 0 fully saturated rings. The summed E-state index contributed by atoms with van der Waals surface area (Å²) in [7, 11) is 1.78. The van der Waals surface area contributed by atoms with Crippen molar-refractivity contribution >= 4 is 17.5 Å². The molecule has 0 spiro atoms. The number of nitriles is 1. The van der Waals surface area contributed by atoms with Crippen molar-refractivity contribution < 1.29 is 9.45 Å². The molecule has 0 bridgehead atoms. The Morgan fingerprint density at radius 3 is 2.78 bits per heavy atom. The molecule has 2 rings (SSSR count). The van der Waals surface area contributed by atoms with Gasteiger partial charge in [-0.15, -0.1) is 0 Å². The summed E-state index contributed by atoms with van der Waals surface area (Å²) in [6, 6.07) is 6.73. The quantitative estimate of drug-likeness (QED) is 0.477. The highest BCUT2D eigenvalue weighted by Gasteiger charge is 2.20. The number of nitrogens with zero attached hydrogens (tertiary/aromatic N) is 4. The summed E-state index contributed by atoms with van der Waals surface area (Å²) in [5.41, 5.74) is 2.76. The van der Waals surface area contributed by atoms with Gasteiger partial charge >= 0.3 is 0 Å². The highest BCUT2D eigenvalue weighted by atomic mass is 16.6. The Kier molecular flexibility index (Phi) is 4.76. The third-order valence-corrected chi connectivity index (χ3v) is 3.53. The molecule has 0 atom stereocenters. The minimum Gasteiger partial charge on any atom is -0.365 e. The molecule has 0 unspecified atom stereocenters. The standard InChI is InChI=1S/C16H16N4O3/c1-11-14(12(2)23-18-11)10-19(3)15-7-6-13(5-4-8-17)9-16(15)20(21)22/h4-7,9H,10H2,1-3H3. The number of allylic oxidation sites excluding steroid dienone is 1. The van der Waals surface area contributed by atoms with Crippen molar-refractivity contribution in [2.45, 2.75) is 20.4 Å². The fourth-order valence-electron chi connectivity index (χ4n) is 2.30. The molecule has 0 N–H and O–H groups in total. The van der Waals surface area contributed by atoms with Crippen LogP contribution in [0.4, 0.5) is 11.4 Å². The lowest BCUT2D eigenvalue weighted by atomic mass is 10.1. The van der Waals surface area contributed by atoms with Crippen molar-refractivity contribution in [3.63, 3.8) is 0 Å². The zero-order valence-corrected chi connectivity index (χ0v) is 13.1. The van der Waals surface area contributed by atoms with Gasteiger partial charge in [0.05, 0.1) is 16.7 Å². The Morgan fingerprint density at radius 1 is 1.48 bits per heavy atom. The Labute approximate surface area is 133 Å². The number of hydrogen-bond donors (Lipinski definition) is 0. The largest absolute Gasteiger partial charge is 0.365 e. The molecule has 7 nitrogen and oxygen atoms in total. The van der Waals surface area contributed by atoms with E-state index in [4.69, 9.17) is 9.78 Å². The fraction of sp³-hybridized carbons (Fsp3) is 0.250. The van der Waals surface area contributed by atoms with Crippen LogP contribution in [0.25, 0.3) is 6.08 Å². The van der Waals surface area contributed by atoms with E-state index in [0.717, 1.165) is 11.3 Å². The van der Waals surface area contributed by atoms with Crippen LogP contribution in [0.3, 0.4) is 0 Å². The molecule has 0 aliphatic heterocycles. The lowest BCUT2D eigenvalue weighted by molar-refractivity contribution is -0.384. The summed E-state index contributed by atoms with van der Waals surface area (Å²) in [5, 5.41) is 23.8. The fourth-order valence-corrected chi connectivity index (χ4v) is 2.30. The lowest BCUT2D eigenvalue weighted by Gasteiger charge is -2.19. The number of anilines is 1. The minimum atomic E-state index is -0.428. The zero-order valence-electron chi connectivity index (χ0n) is 13.1. The number of aryl methyl sites for hydroxylation is 2. The number of hydrogen-bond acceptors (Lipinski definition) is 6. The molecule has 0 amide bonds. The van der Waals surface area contributed by atoms with Gasteiger partial charge < -0.3 is 9.42 Å². The summed E-state index contributed by atoms with van der Waals surface area (Å²) < 4.78 is 5.12. The van der Waals surface area contributed by atoms with Crippen molar-refractivity contribution in [2.75, 3.05) is 11.9 Å². The molecule has 1 heterocycles. The Balaban J connectivity index is 2.36. The van der Waals surface area contributed by atoms with Crippen LogP contribution in [-0.2, 0) is 6.54 Å². The third kappa shape index (κ3) is 3.55. The van der Waals surface area contributed by atoms with Crippen molar-refractivity contribution in [1.29, 1.82) is 5.26 Å². The van der Waals surface area contributed by atoms with Crippen LogP contribution in [0.5, 0.6) is 0 Å². The zero-order chi connectivity index (χ0) is 17.0. The smallest absolute Gasteiger partial charge is 0.293 e. The first-order valence-corrected chi connectivity index (χ1v) is 6.91. The van der Waals surface area contributed by atoms with E-state index in [0.29, 0.717) is 23.6 Å². The van der Waals surface area contributed by atoms with Crippen molar-refractivity contribution in [2.24, 2.45) is 0 Å². The van der Waals surface area contributed by atoms with Crippen LogP contribution in [0.2, 0.25) is 0 Å². The summed E-state index contributed by atoms with van der Waals surface area (Å²) in [6.45, 7) is 4.10. The summed E-state index contributed by atoms with van der Waals surface area (Å²) >= 11 is 0. The summed E-state index contributed by atoms with van der Waals surface area (Å²) in [6.07, 6.45) is 2.82. The van der Waals surface area contributed by atoms with Crippen molar-refractivity contribution in [1.82, 2.24) is 5.16 Å². The van der Waals surface area contributed by atoms with Gasteiger partial charge in [-0.3, -0.25) is 10.1 Å². The van der Waals surface area contributed by atoms with E-state index < -0.39 is 4.92 Å². The highest BCUT2D eigenvalue weighted by Crippen LogP contribution is 2.30. The first-order valence-electron chi connectivity index (χ1n) is 6.91. The average Bonchev–Trinajstić information content (AvgIpc) is 2.84. The predicted octanol–water partition coefficient (Wildman–Crippen LogP) is 3.37. The molecular weight excluding hydrogens is 296 g/mol. The van der Waals surface area contributed by atoms with Crippen LogP contribution in [0.1, 0.15) is 22.6 Å². The van der Waals surface area contributed by atoms with E-state index in [2.05, 4.69) is 5.16 Å². The van der Waals surface area contributed by atoms with E-state index in [9.17, 15) is 10.1 Å². The topological polar surface area (TPSA) is 96.2 Å². The molecule has 1 aromatic carbocycles. The maximum atomic E-state index is 11.3. The molecule has 0 saturated carbocycles. The van der Waals surface area contributed by atoms with Gasteiger partial charge in [-0.2, -0.15) is 5.26 Å². The molecule has 7 heteroatoms. The second kappa shape index (κ2) is 6.75. The van der Waals surface area contributed by atoms with Gasteiger partial charge in [-0.25, -0.2) is 0 Å². The van der Waals surface area contributed by atoms with Crippen molar-refractivity contribution in [3.05, 3.63) is 57.0 Å². The molecule has 0 aliphatic rings. The summed E-state index contributed by atoms with van der Waals surface area (Å²) in [4.78, 5) is 12.7. The summed E-state index contributed by atoms with van der Waals surface area (Å²) in [5.74, 6) is 0.700. The predicted molar refractivity (Wildman–Crippen MR) is 85.8 cm³/mol. The maximum absolute atomic E-state index is 11.3. The van der Waals surface area contributed by atoms with E-state index in [1.165, 1.54) is 18.2 Å². The van der Waals surface area contributed by atoms with E-state index in [1.54, 1.807) is 24.1 Å². The molecule has 0 radical (unpaired) electrons. The van der Waals surface area contributed by atoms with Crippen LogP contribution < -0.4 is 4.90 Å². The number of nitro groups is 1. The Hall–Kier alpha value is -3.14. The molecular formula is C16H16N4O3. The molecule has 23 heavy (non-hydrogen) atoms. The maximum Gasteiger partial charge on any atom is 0.293 e. The first kappa shape index (κ1) is 16.2. The van der Waals surface area contributed by atoms with Gasteiger partial charge in [-0.05, 0) is 31.6 Å². The lowest BCUT2D eigenvalue weighted by Crippen LogP contribution is -2.18. The molecule has 118 valence electrons. The molecule has 2 aromatic rings.